The van der Waals surface area contributed by atoms with Gasteiger partial charge in [-0.2, -0.15) is 0 Å². The largest absolute Gasteiger partial charge is 0.381 e. The third-order valence-electron chi connectivity index (χ3n) is 8.73. The molecular weight excluding hydrogens is 532 g/mol. The first-order chi connectivity index (χ1) is 19.5. The summed E-state index contributed by atoms with van der Waals surface area (Å²) in [6.45, 7) is 16.3. The molecule has 41 heavy (non-hydrogen) atoms. The average molecular weight is 583 g/mol. The van der Waals surface area contributed by atoms with E-state index in [9.17, 15) is 9.90 Å². The highest BCUT2D eigenvalue weighted by atomic mass is 28.3. The number of carbonyl (C=O) groups is 1. The number of aromatic nitrogens is 1. The predicted octanol–water partition coefficient (Wildman–Crippen LogP) is 4.74. The molecule has 1 aromatic carbocycles. The van der Waals surface area contributed by atoms with E-state index in [1.807, 2.05) is 30.9 Å². The Morgan fingerprint density at radius 2 is 1.83 bits per heavy atom. The summed E-state index contributed by atoms with van der Waals surface area (Å²) in [6.07, 6.45) is 3.24. The summed E-state index contributed by atoms with van der Waals surface area (Å²) in [7, 11) is 1.01. The van der Waals surface area contributed by atoms with Crippen molar-refractivity contribution in [2.75, 3.05) is 63.0 Å². The molecule has 2 saturated heterocycles. The second-order valence-electron chi connectivity index (χ2n) is 12.9. The van der Waals surface area contributed by atoms with E-state index in [0.717, 1.165) is 50.8 Å². The molecule has 0 saturated carbocycles. The Balaban J connectivity index is 1.36. The lowest BCUT2D eigenvalue weighted by molar-refractivity contribution is -0.161. The van der Waals surface area contributed by atoms with Gasteiger partial charge in [0.25, 0.3) is 0 Å². The number of carbonyl (C=O) groups excluding carboxylic acids is 1. The molecule has 2 aromatic rings. The van der Waals surface area contributed by atoms with Crippen molar-refractivity contribution in [3.05, 3.63) is 53.9 Å². The smallest absolute Gasteiger partial charge is 0.230 e. The first-order valence-electron chi connectivity index (χ1n) is 15.2. The summed E-state index contributed by atoms with van der Waals surface area (Å²) in [5.41, 5.74) is 2.58. The third kappa shape index (κ3) is 7.96. The predicted molar refractivity (Wildman–Crippen MR) is 168 cm³/mol. The lowest BCUT2D eigenvalue weighted by atomic mass is 9.90. The molecule has 2 aliphatic rings. The van der Waals surface area contributed by atoms with Gasteiger partial charge in [0, 0.05) is 59.0 Å². The highest BCUT2D eigenvalue weighted by Crippen LogP contribution is 2.33. The Morgan fingerprint density at radius 1 is 1.10 bits per heavy atom. The van der Waals surface area contributed by atoms with Crippen molar-refractivity contribution in [1.82, 2.24) is 9.88 Å². The van der Waals surface area contributed by atoms with Crippen molar-refractivity contribution in [3.63, 3.8) is 0 Å². The van der Waals surface area contributed by atoms with E-state index in [0.29, 0.717) is 25.3 Å². The molecule has 9 heteroatoms. The van der Waals surface area contributed by atoms with E-state index in [1.54, 1.807) is 6.20 Å². The molecule has 1 N–H and O–H groups in total. The van der Waals surface area contributed by atoms with Crippen LogP contribution >= 0.6 is 0 Å². The number of pyridine rings is 1. The Morgan fingerprint density at radius 3 is 2.49 bits per heavy atom. The van der Waals surface area contributed by atoms with E-state index in [4.69, 9.17) is 9.47 Å². The van der Waals surface area contributed by atoms with Gasteiger partial charge in [-0.05, 0) is 63.0 Å². The Hall–Kier alpha value is -2.30. The molecular formula is C32H50N4O4Si. The van der Waals surface area contributed by atoms with Gasteiger partial charge in [0.2, 0.25) is 5.91 Å². The molecule has 3 atom stereocenters. The van der Waals surface area contributed by atoms with Gasteiger partial charge in [0.05, 0.1) is 23.7 Å². The van der Waals surface area contributed by atoms with Crippen LogP contribution in [0.5, 0.6) is 0 Å². The molecule has 2 fully saturated rings. The van der Waals surface area contributed by atoms with Gasteiger partial charge in [-0.3, -0.25) is 9.78 Å². The van der Waals surface area contributed by atoms with Crippen molar-refractivity contribution in [2.45, 2.75) is 70.5 Å². The maximum atomic E-state index is 13.5. The maximum absolute atomic E-state index is 13.5. The number of anilines is 2. The van der Waals surface area contributed by atoms with Crippen LogP contribution in [0.25, 0.3) is 0 Å². The number of likely N-dealkylation sites (N-methyl/N-ethyl adjacent to an activating group) is 1. The van der Waals surface area contributed by atoms with Gasteiger partial charge in [0.15, 0.2) is 0 Å². The Kier molecular flexibility index (Phi) is 10.6. The molecule has 0 bridgehead atoms. The van der Waals surface area contributed by atoms with Crippen molar-refractivity contribution in [2.24, 2.45) is 5.92 Å². The lowest BCUT2D eigenvalue weighted by Crippen LogP contribution is -2.44. The Bertz CT molecular complexity index is 1130. The Labute approximate surface area is 247 Å². The maximum Gasteiger partial charge on any atom is 0.230 e. The number of benzene rings is 1. The number of hydrogen-bond acceptors (Lipinski definition) is 7. The summed E-state index contributed by atoms with van der Waals surface area (Å²) >= 11 is 0. The highest BCUT2D eigenvalue weighted by Gasteiger charge is 2.38. The minimum atomic E-state index is -1.24. The van der Waals surface area contributed by atoms with Crippen LogP contribution in [0, 0.1) is 5.92 Å². The molecule has 1 amide bonds. The number of aliphatic hydroxyl groups is 1. The molecule has 0 spiro atoms. The molecule has 2 aliphatic heterocycles. The molecule has 1 unspecified atom stereocenters. The van der Waals surface area contributed by atoms with E-state index in [2.05, 4.69) is 65.7 Å². The number of ether oxygens (including phenoxy) is 2. The fourth-order valence-corrected chi connectivity index (χ4v) is 6.45. The monoisotopic (exact) mass is 582 g/mol. The quantitative estimate of drug-likeness (QED) is 0.208. The van der Waals surface area contributed by atoms with Gasteiger partial charge in [-0.1, -0.05) is 44.8 Å². The zero-order valence-corrected chi connectivity index (χ0v) is 26.9. The van der Waals surface area contributed by atoms with Crippen LogP contribution in [0.1, 0.15) is 37.9 Å². The lowest BCUT2D eigenvalue weighted by Gasteiger charge is -2.35. The summed E-state index contributed by atoms with van der Waals surface area (Å²) < 4.78 is 11.6. The molecule has 1 aromatic heterocycles. The fourth-order valence-electron chi connectivity index (χ4n) is 5.69. The second kappa shape index (κ2) is 13.8. The van der Waals surface area contributed by atoms with Gasteiger partial charge in [0.1, 0.15) is 12.4 Å². The molecule has 0 radical (unpaired) electrons. The number of nitrogens with zero attached hydrogens (tertiary/aromatic N) is 4. The standard InChI is InChI=1S/C32H50N4O4Si/c1-7-32(38,25(2)40-24-39-20-21-41(4,5)6)30-13-12-28(23-33-30)36-15-14-27(31(36)37)22-26-10-8-9-11-29(26)35-18-16-34(3)17-19-35/h8-13,23,25,27,38H,7,14-22,24H2,1-6H3/t25-,27-,32?/m0/s1. The fraction of sp³-hybridized carbons (Fsp3) is 0.625. The zero-order chi connectivity index (χ0) is 29.6. The third-order valence-corrected chi connectivity index (χ3v) is 10.4. The van der Waals surface area contributed by atoms with Gasteiger partial charge >= 0.3 is 0 Å². The number of hydrogen-bond donors (Lipinski definition) is 1. The van der Waals surface area contributed by atoms with Crippen LogP contribution in [0.2, 0.25) is 25.7 Å². The van der Waals surface area contributed by atoms with E-state index in [-0.39, 0.29) is 18.6 Å². The van der Waals surface area contributed by atoms with Crippen LogP contribution in [0.15, 0.2) is 42.6 Å². The van der Waals surface area contributed by atoms with Crippen molar-refractivity contribution in [3.8, 4) is 0 Å². The summed E-state index contributed by atoms with van der Waals surface area (Å²) in [4.78, 5) is 24.8. The molecule has 4 rings (SSSR count). The molecule has 3 heterocycles. The van der Waals surface area contributed by atoms with E-state index in [1.165, 1.54) is 11.3 Å². The van der Waals surface area contributed by atoms with Crippen LogP contribution in [0.4, 0.5) is 11.4 Å². The number of rotatable bonds is 13. The molecule has 8 nitrogen and oxygen atoms in total. The minimum absolute atomic E-state index is 0.0507. The van der Waals surface area contributed by atoms with Crippen LogP contribution < -0.4 is 9.80 Å². The summed E-state index contributed by atoms with van der Waals surface area (Å²) in [5.74, 6) is 0.0934. The number of piperazine rings is 1. The normalized spacial score (nSPS) is 20.9. The topological polar surface area (TPSA) is 78.4 Å². The van der Waals surface area contributed by atoms with Crippen LogP contribution in [0.3, 0.4) is 0 Å². The number of para-hydroxylation sites is 1. The summed E-state index contributed by atoms with van der Waals surface area (Å²) in [6, 6.07) is 13.3. The zero-order valence-electron chi connectivity index (χ0n) is 25.9. The van der Waals surface area contributed by atoms with Gasteiger partial charge in [-0.25, -0.2) is 0 Å². The minimum Gasteiger partial charge on any atom is -0.381 e. The van der Waals surface area contributed by atoms with E-state index >= 15 is 0 Å². The molecule has 0 aliphatic carbocycles. The first kappa shape index (κ1) is 31.6. The van der Waals surface area contributed by atoms with Gasteiger partial charge in [-0.15, -0.1) is 0 Å². The highest BCUT2D eigenvalue weighted by molar-refractivity contribution is 6.76. The van der Waals surface area contributed by atoms with Crippen molar-refractivity contribution in [1.29, 1.82) is 0 Å². The second-order valence-corrected chi connectivity index (χ2v) is 18.5. The van der Waals surface area contributed by atoms with E-state index < -0.39 is 19.8 Å². The summed E-state index contributed by atoms with van der Waals surface area (Å²) in [5, 5.41) is 11.5. The van der Waals surface area contributed by atoms with Crippen LogP contribution in [-0.4, -0.2) is 88.2 Å². The van der Waals surface area contributed by atoms with Gasteiger partial charge < -0.3 is 29.3 Å². The molecule has 226 valence electrons. The average Bonchev–Trinajstić information content (AvgIpc) is 3.32. The first-order valence-corrected chi connectivity index (χ1v) is 18.9. The van der Waals surface area contributed by atoms with Crippen molar-refractivity contribution < 1.29 is 19.4 Å². The van der Waals surface area contributed by atoms with Crippen molar-refractivity contribution >= 4 is 25.4 Å². The SMILES string of the molecule is CCC(O)(c1ccc(N2CC[C@@H](Cc3ccccc3N3CCN(C)CC3)C2=O)cn1)[C@H](C)OCOCC[Si](C)(C)C. The van der Waals surface area contributed by atoms with Crippen LogP contribution in [-0.2, 0) is 26.3 Å². The number of amides is 1.